The maximum Gasteiger partial charge on any atom is 0.164 e. The van der Waals surface area contributed by atoms with E-state index < -0.39 is 0 Å². The maximum absolute atomic E-state index is 9.83. The SMILES string of the molecule is N#Cc1ccc2c(c1)C1(CCCCC1)c1c(-c3ccc(-c4nc(-c5ccc6ccccc6c5)nc(-c5ccc6c(c5)oc5ccccc56)n4)cc3)cccc1-2. The van der Waals surface area contributed by atoms with Crippen molar-refractivity contribution < 1.29 is 4.42 Å². The predicted molar refractivity (Wildman–Crippen MR) is 220 cm³/mol. The van der Waals surface area contributed by atoms with Gasteiger partial charge in [0, 0.05) is 32.9 Å². The lowest BCUT2D eigenvalue weighted by atomic mass is 9.66. The van der Waals surface area contributed by atoms with E-state index in [0.29, 0.717) is 17.5 Å². The van der Waals surface area contributed by atoms with Gasteiger partial charge in [-0.2, -0.15) is 5.26 Å². The summed E-state index contributed by atoms with van der Waals surface area (Å²) < 4.78 is 6.27. The topological polar surface area (TPSA) is 75.6 Å². The zero-order valence-electron chi connectivity index (χ0n) is 30.1. The zero-order valence-corrected chi connectivity index (χ0v) is 30.1. The quantitative estimate of drug-likeness (QED) is 0.182. The minimum atomic E-state index is -0.0795. The van der Waals surface area contributed by atoms with Crippen molar-refractivity contribution in [3.05, 3.63) is 162 Å². The Morgan fingerprint density at radius 1 is 0.491 bits per heavy atom. The van der Waals surface area contributed by atoms with Gasteiger partial charge in [-0.3, -0.25) is 0 Å². The molecular formula is C50H34N4O. The largest absolute Gasteiger partial charge is 0.456 e. The van der Waals surface area contributed by atoms with Crippen LogP contribution >= 0.6 is 0 Å². The van der Waals surface area contributed by atoms with Crippen LogP contribution in [0.4, 0.5) is 0 Å². The number of hydrogen-bond acceptors (Lipinski definition) is 5. The molecule has 2 aromatic heterocycles. The Hall–Kier alpha value is -6.90. The van der Waals surface area contributed by atoms with E-state index in [4.69, 9.17) is 19.4 Å². The molecule has 260 valence electrons. The van der Waals surface area contributed by atoms with Crippen molar-refractivity contribution in [2.75, 3.05) is 0 Å². The van der Waals surface area contributed by atoms with Crippen molar-refractivity contribution in [2.45, 2.75) is 37.5 Å². The second-order valence-corrected chi connectivity index (χ2v) is 15.0. The molecule has 2 aliphatic carbocycles. The number of rotatable bonds is 4. The molecule has 9 aromatic rings. The first-order valence-corrected chi connectivity index (χ1v) is 19.1. The van der Waals surface area contributed by atoms with E-state index >= 15 is 0 Å². The van der Waals surface area contributed by atoms with Gasteiger partial charge in [0.25, 0.3) is 0 Å². The molecular weight excluding hydrogens is 673 g/mol. The third-order valence-electron chi connectivity index (χ3n) is 11.9. The Bertz CT molecular complexity index is 3040. The van der Waals surface area contributed by atoms with E-state index in [-0.39, 0.29) is 5.41 Å². The van der Waals surface area contributed by atoms with Gasteiger partial charge in [0.15, 0.2) is 17.5 Å². The molecule has 1 fully saturated rings. The molecule has 7 aromatic carbocycles. The van der Waals surface area contributed by atoms with Crippen LogP contribution in [0.2, 0.25) is 0 Å². The molecule has 0 aliphatic heterocycles. The van der Waals surface area contributed by atoms with Crippen LogP contribution in [0.25, 0.3) is 89.1 Å². The summed E-state index contributed by atoms with van der Waals surface area (Å²) in [6, 6.07) is 53.2. The summed E-state index contributed by atoms with van der Waals surface area (Å²) in [5, 5.41) is 14.3. The van der Waals surface area contributed by atoms with Gasteiger partial charge in [-0.1, -0.05) is 128 Å². The summed E-state index contributed by atoms with van der Waals surface area (Å²) in [5.74, 6) is 1.83. The van der Waals surface area contributed by atoms with Crippen molar-refractivity contribution in [1.82, 2.24) is 15.0 Å². The van der Waals surface area contributed by atoms with E-state index in [2.05, 4.69) is 121 Å². The number of fused-ring (bicyclic) bond motifs is 9. The lowest BCUT2D eigenvalue weighted by Crippen LogP contribution is -2.28. The number of nitrogens with zero attached hydrogens (tertiary/aromatic N) is 4. The van der Waals surface area contributed by atoms with E-state index in [9.17, 15) is 5.26 Å². The average molecular weight is 707 g/mol. The van der Waals surface area contributed by atoms with Crippen LogP contribution in [0.1, 0.15) is 48.8 Å². The number of hydrogen-bond donors (Lipinski definition) is 0. The molecule has 0 amide bonds. The fourth-order valence-electron chi connectivity index (χ4n) is 9.34. The van der Waals surface area contributed by atoms with E-state index in [0.717, 1.165) is 62.4 Å². The van der Waals surface area contributed by atoms with Gasteiger partial charge in [0.05, 0.1) is 11.6 Å². The summed E-state index contributed by atoms with van der Waals surface area (Å²) in [6.45, 7) is 0. The van der Waals surface area contributed by atoms with Crippen LogP contribution in [0.15, 0.2) is 150 Å². The van der Waals surface area contributed by atoms with Crippen LogP contribution in [0.5, 0.6) is 0 Å². The summed E-state index contributed by atoms with van der Waals surface area (Å²) in [4.78, 5) is 15.3. The highest BCUT2D eigenvalue weighted by molar-refractivity contribution is 6.05. The monoisotopic (exact) mass is 706 g/mol. The van der Waals surface area contributed by atoms with Crippen molar-refractivity contribution in [2.24, 2.45) is 0 Å². The molecule has 0 radical (unpaired) electrons. The highest BCUT2D eigenvalue weighted by Gasteiger charge is 2.45. The van der Waals surface area contributed by atoms with Gasteiger partial charge in [-0.15, -0.1) is 0 Å². The molecule has 55 heavy (non-hydrogen) atoms. The van der Waals surface area contributed by atoms with Crippen LogP contribution in [-0.2, 0) is 5.41 Å². The van der Waals surface area contributed by atoms with Crippen molar-refractivity contribution in [3.63, 3.8) is 0 Å². The third-order valence-corrected chi connectivity index (χ3v) is 11.9. The zero-order chi connectivity index (χ0) is 36.5. The molecule has 2 aliphatic rings. The standard InChI is InChI=1S/C50H34N4O/c51-30-31-15-23-39-42-13-8-12-38(46(42)50(43(39)27-31)25-6-1-7-26-50)33-17-19-34(20-18-33)47-52-48(36-21-16-32-9-2-3-10-35(32)28-36)54-49(53-47)37-22-24-41-40-11-4-5-14-44(40)55-45(41)29-37/h2-5,8-24,27-29H,1,6-7,25-26H2. The lowest BCUT2D eigenvalue weighted by Gasteiger charge is -2.37. The summed E-state index contributed by atoms with van der Waals surface area (Å²) in [6.07, 6.45) is 5.83. The number of para-hydroxylation sites is 1. The highest BCUT2D eigenvalue weighted by Crippen LogP contribution is 2.58. The molecule has 5 nitrogen and oxygen atoms in total. The molecule has 0 saturated heterocycles. The normalized spacial score (nSPS) is 14.3. The fourth-order valence-corrected chi connectivity index (χ4v) is 9.34. The summed E-state index contributed by atoms with van der Waals surface area (Å²) in [5.41, 5.74) is 12.8. The lowest BCUT2D eigenvalue weighted by molar-refractivity contribution is 0.353. The van der Waals surface area contributed by atoms with Gasteiger partial charge in [0.1, 0.15) is 11.2 Å². The molecule has 0 bridgehead atoms. The van der Waals surface area contributed by atoms with Gasteiger partial charge in [-0.05, 0) is 93.4 Å². The molecule has 1 saturated carbocycles. The first-order valence-electron chi connectivity index (χ1n) is 19.1. The smallest absolute Gasteiger partial charge is 0.164 e. The van der Waals surface area contributed by atoms with E-state index in [1.54, 1.807) is 0 Å². The van der Waals surface area contributed by atoms with Crippen LogP contribution in [-0.4, -0.2) is 15.0 Å². The Balaban J connectivity index is 1.04. The van der Waals surface area contributed by atoms with E-state index in [1.807, 2.05) is 30.3 Å². The van der Waals surface area contributed by atoms with E-state index in [1.165, 1.54) is 58.0 Å². The molecule has 5 heteroatoms. The van der Waals surface area contributed by atoms with Crippen molar-refractivity contribution >= 4 is 32.7 Å². The highest BCUT2D eigenvalue weighted by atomic mass is 16.3. The molecule has 0 N–H and O–H groups in total. The first kappa shape index (κ1) is 31.6. The average Bonchev–Trinajstić information content (AvgIpc) is 3.76. The Labute approximate surface area is 318 Å². The van der Waals surface area contributed by atoms with Gasteiger partial charge in [0.2, 0.25) is 0 Å². The summed E-state index contributed by atoms with van der Waals surface area (Å²) >= 11 is 0. The molecule has 0 unspecified atom stereocenters. The summed E-state index contributed by atoms with van der Waals surface area (Å²) in [7, 11) is 0. The van der Waals surface area contributed by atoms with Crippen molar-refractivity contribution in [3.8, 4) is 62.5 Å². The molecule has 0 atom stereocenters. The van der Waals surface area contributed by atoms with Gasteiger partial charge >= 0.3 is 0 Å². The number of aromatic nitrogens is 3. The fraction of sp³-hybridized carbons (Fsp3) is 0.120. The minimum absolute atomic E-state index is 0.0795. The van der Waals surface area contributed by atoms with Crippen molar-refractivity contribution in [1.29, 1.82) is 5.26 Å². The van der Waals surface area contributed by atoms with Gasteiger partial charge in [-0.25, -0.2) is 15.0 Å². The Morgan fingerprint density at radius 2 is 1.15 bits per heavy atom. The second-order valence-electron chi connectivity index (χ2n) is 15.0. The number of furan rings is 1. The minimum Gasteiger partial charge on any atom is -0.456 e. The predicted octanol–water partition coefficient (Wildman–Crippen LogP) is 12.7. The Morgan fingerprint density at radius 3 is 1.96 bits per heavy atom. The Kier molecular flexibility index (Phi) is 7.09. The second kappa shape index (κ2) is 12.3. The molecule has 11 rings (SSSR count). The van der Waals surface area contributed by atoms with Crippen LogP contribution < -0.4 is 0 Å². The maximum atomic E-state index is 9.83. The third kappa shape index (κ3) is 5.02. The molecule has 1 spiro atoms. The van der Waals surface area contributed by atoms with Crippen LogP contribution in [0.3, 0.4) is 0 Å². The first-order chi connectivity index (χ1) is 27.1. The number of nitriles is 1. The van der Waals surface area contributed by atoms with Gasteiger partial charge < -0.3 is 4.42 Å². The number of benzene rings is 7. The van der Waals surface area contributed by atoms with Crippen LogP contribution in [0, 0.1) is 11.3 Å². The molecule has 2 heterocycles.